The van der Waals surface area contributed by atoms with Crippen LogP contribution in [0.4, 0.5) is 0 Å². The normalized spacial score (nSPS) is 12.7. The van der Waals surface area contributed by atoms with Crippen LogP contribution in [0.25, 0.3) is 0 Å². The zero-order valence-electron chi connectivity index (χ0n) is 6.26. The van der Waals surface area contributed by atoms with E-state index in [2.05, 4.69) is 6.58 Å². The Balaban J connectivity index is 3.82. The molecule has 0 bridgehead atoms. The minimum atomic E-state index is -0.456. The highest BCUT2D eigenvalue weighted by molar-refractivity contribution is 5.98. The van der Waals surface area contributed by atoms with Crippen LogP contribution in [0.3, 0.4) is 0 Å². The molecule has 1 unspecified atom stereocenters. The van der Waals surface area contributed by atoms with Gasteiger partial charge in [0, 0.05) is 0 Å². The molecular formula is C7H14N2O. The van der Waals surface area contributed by atoms with Gasteiger partial charge in [0.25, 0.3) is 0 Å². The Morgan fingerprint density at radius 1 is 1.70 bits per heavy atom. The number of ketones is 1. The zero-order valence-corrected chi connectivity index (χ0v) is 6.26. The van der Waals surface area contributed by atoms with E-state index in [0.717, 1.165) is 0 Å². The number of carbonyl (C=O) groups is 1. The van der Waals surface area contributed by atoms with Crippen molar-refractivity contribution in [2.24, 2.45) is 11.5 Å². The van der Waals surface area contributed by atoms with Gasteiger partial charge in [0.2, 0.25) is 0 Å². The standard InChI is InChI=1S/C7H14N2O/c1-5(2)7(10)6(9)3-4-8/h6H,1,3-4,8-9H2,2H3. The first-order valence-electron chi connectivity index (χ1n) is 3.25. The van der Waals surface area contributed by atoms with Crippen molar-refractivity contribution in [3.05, 3.63) is 12.2 Å². The number of rotatable bonds is 4. The molecule has 0 aliphatic carbocycles. The highest BCUT2D eigenvalue weighted by Gasteiger charge is 2.11. The van der Waals surface area contributed by atoms with Gasteiger partial charge >= 0.3 is 0 Å². The van der Waals surface area contributed by atoms with Crippen LogP contribution < -0.4 is 11.5 Å². The molecule has 3 heteroatoms. The van der Waals surface area contributed by atoms with E-state index in [1.807, 2.05) is 0 Å². The third-order valence-electron chi connectivity index (χ3n) is 1.24. The number of Topliss-reactive ketones (excluding diaryl/α,β-unsaturated/α-hetero) is 1. The van der Waals surface area contributed by atoms with Gasteiger partial charge in [-0.05, 0) is 25.5 Å². The van der Waals surface area contributed by atoms with Gasteiger partial charge in [0.05, 0.1) is 6.04 Å². The summed E-state index contributed by atoms with van der Waals surface area (Å²) in [7, 11) is 0. The lowest BCUT2D eigenvalue weighted by molar-refractivity contribution is -0.116. The second kappa shape index (κ2) is 4.19. The molecule has 0 aromatic heterocycles. The molecule has 0 aromatic rings. The van der Waals surface area contributed by atoms with Crippen molar-refractivity contribution in [3.63, 3.8) is 0 Å². The topological polar surface area (TPSA) is 69.1 Å². The first-order chi connectivity index (χ1) is 4.59. The Morgan fingerprint density at radius 2 is 2.20 bits per heavy atom. The Morgan fingerprint density at radius 3 is 2.50 bits per heavy atom. The molecule has 1 atom stereocenters. The Hall–Kier alpha value is -0.670. The third kappa shape index (κ3) is 2.75. The van der Waals surface area contributed by atoms with Crippen LogP contribution in [0.5, 0.6) is 0 Å². The zero-order chi connectivity index (χ0) is 8.15. The predicted octanol–water partition coefficient (Wildman–Crippen LogP) is -0.192. The summed E-state index contributed by atoms with van der Waals surface area (Å²) >= 11 is 0. The number of hydrogen-bond donors (Lipinski definition) is 2. The molecule has 0 rings (SSSR count). The van der Waals surface area contributed by atoms with Crippen LogP contribution in [0.1, 0.15) is 13.3 Å². The van der Waals surface area contributed by atoms with Gasteiger partial charge in [0.1, 0.15) is 0 Å². The summed E-state index contributed by atoms with van der Waals surface area (Å²) in [4.78, 5) is 11.0. The fourth-order valence-electron chi connectivity index (χ4n) is 0.627. The Kier molecular flexibility index (Phi) is 3.91. The van der Waals surface area contributed by atoms with Crippen molar-refractivity contribution in [1.82, 2.24) is 0 Å². The van der Waals surface area contributed by atoms with Crippen molar-refractivity contribution < 1.29 is 4.79 Å². The Bertz CT molecular complexity index is 143. The van der Waals surface area contributed by atoms with Crippen LogP contribution in [-0.2, 0) is 4.79 Å². The maximum Gasteiger partial charge on any atom is 0.174 e. The molecule has 10 heavy (non-hydrogen) atoms. The summed E-state index contributed by atoms with van der Waals surface area (Å²) in [5.74, 6) is -0.0922. The molecule has 3 nitrogen and oxygen atoms in total. The molecule has 58 valence electrons. The molecule has 4 N–H and O–H groups in total. The fraction of sp³-hybridized carbons (Fsp3) is 0.571. The molecule has 0 fully saturated rings. The van der Waals surface area contributed by atoms with E-state index in [9.17, 15) is 4.79 Å². The van der Waals surface area contributed by atoms with Gasteiger partial charge in [-0.25, -0.2) is 0 Å². The van der Waals surface area contributed by atoms with Crippen LogP contribution in [0.15, 0.2) is 12.2 Å². The molecule has 0 aliphatic heterocycles. The van der Waals surface area contributed by atoms with E-state index in [1.54, 1.807) is 6.92 Å². The number of nitrogens with two attached hydrogens (primary N) is 2. The largest absolute Gasteiger partial charge is 0.330 e. The molecule has 0 aromatic carbocycles. The molecule has 0 spiro atoms. The lowest BCUT2D eigenvalue weighted by Gasteiger charge is -2.07. The summed E-state index contributed by atoms with van der Waals surface area (Å²) < 4.78 is 0. The lowest BCUT2D eigenvalue weighted by atomic mass is 10.1. The summed E-state index contributed by atoms with van der Waals surface area (Å²) in [6, 6.07) is -0.456. The monoisotopic (exact) mass is 142 g/mol. The van der Waals surface area contributed by atoms with Crippen molar-refractivity contribution in [3.8, 4) is 0 Å². The van der Waals surface area contributed by atoms with Crippen molar-refractivity contribution >= 4 is 5.78 Å². The summed E-state index contributed by atoms with van der Waals surface area (Å²) in [6.45, 7) is 5.58. The highest BCUT2D eigenvalue weighted by atomic mass is 16.1. The molecule has 0 saturated heterocycles. The second-order valence-electron chi connectivity index (χ2n) is 2.33. The molecule has 0 radical (unpaired) electrons. The van der Waals surface area contributed by atoms with E-state index >= 15 is 0 Å². The minimum Gasteiger partial charge on any atom is -0.330 e. The maximum absolute atomic E-state index is 11.0. The molecule has 0 heterocycles. The average molecular weight is 142 g/mol. The fourth-order valence-corrected chi connectivity index (χ4v) is 0.627. The van der Waals surface area contributed by atoms with E-state index in [-0.39, 0.29) is 5.78 Å². The third-order valence-corrected chi connectivity index (χ3v) is 1.24. The van der Waals surface area contributed by atoms with Gasteiger partial charge < -0.3 is 11.5 Å². The van der Waals surface area contributed by atoms with Crippen molar-refractivity contribution in [2.45, 2.75) is 19.4 Å². The van der Waals surface area contributed by atoms with E-state index in [0.29, 0.717) is 18.5 Å². The highest BCUT2D eigenvalue weighted by Crippen LogP contribution is 1.96. The first-order valence-corrected chi connectivity index (χ1v) is 3.25. The summed E-state index contributed by atoms with van der Waals surface area (Å²) in [6.07, 6.45) is 0.533. The van der Waals surface area contributed by atoms with Crippen molar-refractivity contribution in [2.75, 3.05) is 6.54 Å². The van der Waals surface area contributed by atoms with Crippen LogP contribution in [0, 0.1) is 0 Å². The van der Waals surface area contributed by atoms with Crippen molar-refractivity contribution in [1.29, 1.82) is 0 Å². The number of hydrogen-bond acceptors (Lipinski definition) is 3. The van der Waals surface area contributed by atoms with Gasteiger partial charge in [-0.3, -0.25) is 4.79 Å². The van der Waals surface area contributed by atoms with Gasteiger partial charge in [-0.2, -0.15) is 0 Å². The lowest BCUT2D eigenvalue weighted by Crippen LogP contribution is -2.32. The van der Waals surface area contributed by atoms with Crippen LogP contribution >= 0.6 is 0 Å². The second-order valence-corrected chi connectivity index (χ2v) is 2.33. The molecular weight excluding hydrogens is 128 g/mol. The van der Waals surface area contributed by atoms with Gasteiger partial charge in [0.15, 0.2) is 5.78 Å². The molecule has 0 aliphatic rings. The molecule has 0 amide bonds. The van der Waals surface area contributed by atoms with Gasteiger partial charge in [-0.15, -0.1) is 0 Å². The average Bonchev–Trinajstić information content (AvgIpc) is 1.87. The minimum absolute atomic E-state index is 0.0922. The smallest absolute Gasteiger partial charge is 0.174 e. The SMILES string of the molecule is C=C(C)C(=O)C(N)CCN. The summed E-state index contributed by atoms with van der Waals surface area (Å²) in [5, 5.41) is 0. The van der Waals surface area contributed by atoms with E-state index < -0.39 is 6.04 Å². The predicted molar refractivity (Wildman–Crippen MR) is 41.5 cm³/mol. The maximum atomic E-state index is 11.0. The summed E-state index contributed by atoms with van der Waals surface area (Å²) in [5.41, 5.74) is 11.1. The van der Waals surface area contributed by atoms with E-state index in [1.165, 1.54) is 0 Å². The Labute approximate surface area is 61.1 Å². The first kappa shape index (κ1) is 9.33. The van der Waals surface area contributed by atoms with Crippen LogP contribution in [0.2, 0.25) is 0 Å². The van der Waals surface area contributed by atoms with Gasteiger partial charge in [-0.1, -0.05) is 6.58 Å². The van der Waals surface area contributed by atoms with Crippen LogP contribution in [-0.4, -0.2) is 18.4 Å². The number of carbonyl (C=O) groups excluding carboxylic acids is 1. The van der Waals surface area contributed by atoms with E-state index in [4.69, 9.17) is 11.5 Å². The quantitative estimate of drug-likeness (QED) is 0.534. The molecule has 0 saturated carbocycles.